The standard InChI is InChI=1S/C26H30N2O4S2/c1-2-31-24-16-20(10-11-23(24)32-19-25(29)27-12-4-3-5-13-27)26(30)28(17-21-8-6-14-33-21)18-22-9-7-15-34-22/h6-11,14-16H,2-5,12-13,17-19H2,1H3. The molecule has 34 heavy (non-hydrogen) atoms. The third-order valence-corrected chi connectivity index (χ3v) is 7.41. The maximum atomic E-state index is 13.5. The predicted octanol–water partition coefficient (Wildman–Crippen LogP) is 5.44. The van der Waals surface area contributed by atoms with E-state index in [0.29, 0.717) is 36.8 Å². The van der Waals surface area contributed by atoms with Gasteiger partial charge in [-0.2, -0.15) is 0 Å². The van der Waals surface area contributed by atoms with Gasteiger partial charge in [-0.05, 0) is 67.3 Å². The van der Waals surface area contributed by atoms with Crippen molar-refractivity contribution < 1.29 is 19.1 Å². The molecule has 0 aliphatic carbocycles. The van der Waals surface area contributed by atoms with Gasteiger partial charge in [0, 0.05) is 28.4 Å². The lowest BCUT2D eigenvalue weighted by atomic mass is 10.1. The number of carbonyl (C=O) groups excluding carboxylic acids is 2. The van der Waals surface area contributed by atoms with Crippen molar-refractivity contribution in [3.05, 3.63) is 68.5 Å². The van der Waals surface area contributed by atoms with Crippen LogP contribution in [0.25, 0.3) is 0 Å². The number of thiophene rings is 2. The molecule has 1 saturated heterocycles. The topological polar surface area (TPSA) is 59.1 Å². The Labute approximate surface area is 208 Å². The Balaban J connectivity index is 1.49. The van der Waals surface area contributed by atoms with Crippen molar-refractivity contribution in [2.75, 3.05) is 26.3 Å². The molecule has 180 valence electrons. The van der Waals surface area contributed by atoms with Crippen LogP contribution in [0.4, 0.5) is 0 Å². The summed E-state index contributed by atoms with van der Waals surface area (Å²) in [6, 6.07) is 13.3. The van der Waals surface area contributed by atoms with Gasteiger partial charge < -0.3 is 19.3 Å². The first-order valence-corrected chi connectivity index (χ1v) is 13.4. The van der Waals surface area contributed by atoms with Crippen molar-refractivity contribution in [1.29, 1.82) is 0 Å². The minimum atomic E-state index is -0.0707. The van der Waals surface area contributed by atoms with Gasteiger partial charge in [0.1, 0.15) is 0 Å². The van der Waals surface area contributed by atoms with Crippen LogP contribution in [-0.4, -0.2) is 47.9 Å². The van der Waals surface area contributed by atoms with Crippen LogP contribution >= 0.6 is 22.7 Å². The van der Waals surface area contributed by atoms with E-state index in [1.54, 1.807) is 40.9 Å². The molecule has 0 bridgehead atoms. The summed E-state index contributed by atoms with van der Waals surface area (Å²) < 4.78 is 11.6. The minimum absolute atomic E-state index is 0.0135. The fraction of sp³-hybridized carbons (Fsp3) is 0.385. The number of piperidine rings is 1. The zero-order valence-corrected chi connectivity index (χ0v) is 21.0. The van der Waals surface area contributed by atoms with Gasteiger partial charge in [0.15, 0.2) is 18.1 Å². The number of nitrogens with zero attached hydrogens (tertiary/aromatic N) is 2. The average Bonchev–Trinajstić information content (AvgIpc) is 3.57. The van der Waals surface area contributed by atoms with E-state index in [1.807, 2.05) is 51.7 Å². The van der Waals surface area contributed by atoms with E-state index in [-0.39, 0.29) is 18.4 Å². The molecule has 0 spiro atoms. The van der Waals surface area contributed by atoms with Crippen molar-refractivity contribution in [3.63, 3.8) is 0 Å². The number of likely N-dealkylation sites (tertiary alicyclic amines) is 1. The second-order valence-electron chi connectivity index (χ2n) is 8.14. The van der Waals surface area contributed by atoms with Crippen LogP contribution in [0.5, 0.6) is 11.5 Å². The van der Waals surface area contributed by atoms with Crippen LogP contribution < -0.4 is 9.47 Å². The van der Waals surface area contributed by atoms with Crippen LogP contribution in [-0.2, 0) is 17.9 Å². The number of hydrogen-bond acceptors (Lipinski definition) is 6. The quantitative estimate of drug-likeness (QED) is 0.373. The highest BCUT2D eigenvalue weighted by Crippen LogP contribution is 2.30. The van der Waals surface area contributed by atoms with E-state index in [0.717, 1.165) is 35.7 Å². The summed E-state index contributed by atoms with van der Waals surface area (Å²) >= 11 is 3.28. The lowest BCUT2D eigenvalue weighted by molar-refractivity contribution is -0.134. The number of ether oxygens (including phenoxy) is 2. The Morgan fingerprint density at radius 1 is 0.912 bits per heavy atom. The van der Waals surface area contributed by atoms with Crippen LogP contribution in [0.2, 0.25) is 0 Å². The molecule has 2 aromatic heterocycles. The normalized spacial score (nSPS) is 13.5. The third kappa shape index (κ3) is 6.39. The smallest absolute Gasteiger partial charge is 0.260 e. The lowest BCUT2D eigenvalue weighted by Gasteiger charge is -2.26. The van der Waals surface area contributed by atoms with Gasteiger partial charge >= 0.3 is 0 Å². The van der Waals surface area contributed by atoms with E-state index in [9.17, 15) is 9.59 Å². The van der Waals surface area contributed by atoms with Crippen molar-refractivity contribution >= 4 is 34.5 Å². The van der Waals surface area contributed by atoms with Crippen LogP contribution in [0.1, 0.15) is 46.3 Å². The molecule has 0 unspecified atom stereocenters. The SMILES string of the molecule is CCOc1cc(C(=O)N(Cc2cccs2)Cc2cccs2)ccc1OCC(=O)N1CCCCC1. The molecule has 3 aromatic rings. The van der Waals surface area contributed by atoms with E-state index in [2.05, 4.69) is 0 Å². The van der Waals surface area contributed by atoms with E-state index >= 15 is 0 Å². The largest absolute Gasteiger partial charge is 0.490 e. The number of rotatable bonds is 10. The zero-order valence-electron chi connectivity index (χ0n) is 19.4. The molecule has 1 fully saturated rings. The summed E-state index contributed by atoms with van der Waals surface area (Å²) in [5.74, 6) is 0.873. The van der Waals surface area contributed by atoms with Gasteiger partial charge in [0.25, 0.3) is 11.8 Å². The van der Waals surface area contributed by atoms with Gasteiger partial charge in [0.05, 0.1) is 19.7 Å². The van der Waals surface area contributed by atoms with Crippen molar-refractivity contribution in [2.45, 2.75) is 39.3 Å². The maximum absolute atomic E-state index is 13.5. The van der Waals surface area contributed by atoms with Gasteiger partial charge in [-0.3, -0.25) is 9.59 Å². The number of amides is 2. The van der Waals surface area contributed by atoms with Gasteiger partial charge in [-0.15, -0.1) is 22.7 Å². The molecule has 4 rings (SSSR count). The van der Waals surface area contributed by atoms with Crippen molar-refractivity contribution in [2.24, 2.45) is 0 Å². The number of carbonyl (C=O) groups is 2. The second kappa shape index (κ2) is 12.0. The summed E-state index contributed by atoms with van der Waals surface area (Å²) in [5, 5.41) is 4.04. The fourth-order valence-electron chi connectivity index (χ4n) is 3.97. The monoisotopic (exact) mass is 498 g/mol. The lowest BCUT2D eigenvalue weighted by Crippen LogP contribution is -2.38. The summed E-state index contributed by atoms with van der Waals surface area (Å²) in [5.41, 5.74) is 0.534. The van der Waals surface area contributed by atoms with E-state index < -0.39 is 0 Å². The highest BCUT2D eigenvalue weighted by atomic mass is 32.1. The Morgan fingerprint density at radius 2 is 1.59 bits per heavy atom. The molecule has 1 aliphatic rings. The molecular weight excluding hydrogens is 468 g/mol. The second-order valence-corrected chi connectivity index (χ2v) is 10.2. The Bertz CT molecular complexity index is 1020. The molecule has 0 atom stereocenters. The molecule has 6 nitrogen and oxygen atoms in total. The first kappa shape index (κ1) is 24.3. The van der Waals surface area contributed by atoms with Crippen LogP contribution in [0.3, 0.4) is 0 Å². The maximum Gasteiger partial charge on any atom is 0.260 e. The van der Waals surface area contributed by atoms with E-state index in [1.165, 1.54) is 6.42 Å². The molecule has 2 amide bonds. The third-order valence-electron chi connectivity index (χ3n) is 5.69. The fourth-order valence-corrected chi connectivity index (χ4v) is 5.40. The first-order valence-electron chi connectivity index (χ1n) is 11.7. The average molecular weight is 499 g/mol. The zero-order chi connectivity index (χ0) is 23.8. The molecule has 0 saturated carbocycles. The van der Waals surface area contributed by atoms with Crippen LogP contribution in [0, 0.1) is 0 Å². The molecule has 1 aliphatic heterocycles. The Morgan fingerprint density at radius 3 is 2.18 bits per heavy atom. The Kier molecular flexibility index (Phi) is 8.60. The molecule has 1 aromatic carbocycles. The first-order chi connectivity index (χ1) is 16.6. The summed E-state index contributed by atoms with van der Waals surface area (Å²) in [6.07, 6.45) is 3.25. The van der Waals surface area contributed by atoms with Gasteiger partial charge in [-0.1, -0.05) is 12.1 Å². The molecule has 0 N–H and O–H groups in total. The summed E-state index contributed by atoms with van der Waals surface area (Å²) in [4.78, 5) is 32.0. The van der Waals surface area contributed by atoms with Gasteiger partial charge in [0.2, 0.25) is 0 Å². The van der Waals surface area contributed by atoms with Crippen molar-refractivity contribution in [1.82, 2.24) is 9.80 Å². The highest BCUT2D eigenvalue weighted by molar-refractivity contribution is 7.10. The predicted molar refractivity (Wildman–Crippen MR) is 136 cm³/mol. The van der Waals surface area contributed by atoms with Gasteiger partial charge in [-0.25, -0.2) is 0 Å². The molecule has 8 heteroatoms. The number of benzene rings is 1. The molecule has 3 heterocycles. The Hall–Kier alpha value is -2.84. The highest BCUT2D eigenvalue weighted by Gasteiger charge is 2.21. The molecule has 0 radical (unpaired) electrons. The van der Waals surface area contributed by atoms with Crippen molar-refractivity contribution in [3.8, 4) is 11.5 Å². The summed E-state index contributed by atoms with van der Waals surface area (Å²) in [6.45, 7) is 4.95. The van der Waals surface area contributed by atoms with E-state index in [4.69, 9.17) is 9.47 Å². The van der Waals surface area contributed by atoms with Crippen LogP contribution in [0.15, 0.2) is 53.2 Å². The number of hydrogen-bond donors (Lipinski definition) is 0. The minimum Gasteiger partial charge on any atom is -0.490 e. The summed E-state index contributed by atoms with van der Waals surface area (Å²) in [7, 11) is 0. The molecular formula is C26H30N2O4S2.